The molecule has 0 radical (unpaired) electrons. The van der Waals surface area contributed by atoms with Crippen molar-refractivity contribution in [1.29, 1.82) is 0 Å². The molecule has 1 aliphatic heterocycles. The number of rotatable bonds is 9. The second kappa shape index (κ2) is 12.1. The monoisotopic (exact) mass is 502 g/mol. The number of esters is 3. The van der Waals surface area contributed by atoms with Gasteiger partial charge in [-0.25, -0.2) is 14.4 Å². The lowest BCUT2D eigenvalue weighted by molar-refractivity contribution is -0.160. The summed E-state index contributed by atoms with van der Waals surface area (Å²) in [6.45, 7) is 3.76. The molecule has 0 saturated carbocycles. The number of methoxy groups -OCH3 is 1. The topological polar surface area (TPSA) is 97.4 Å². The lowest BCUT2D eigenvalue weighted by atomic mass is 10.0. The third-order valence-electron chi connectivity index (χ3n) is 5.75. The Bertz CT molecular complexity index is 1210. The SMILES string of the molecule is C=C[C@@H](OC(=O)c1ccccc1)[C@H]1O[C@H](OC)[C@H](OC(=O)c2ccccc2)[C@@H]1OC(=O)c1ccccc1. The maximum absolute atomic E-state index is 13.0. The largest absolute Gasteiger partial charge is 0.452 e. The first kappa shape index (κ1) is 25.8. The summed E-state index contributed by atoms with van der Waals surface area (Å²) in [6.07, 6.45) is -4.21. The van der Waals surface area contributed by atoms with Gasteiger partial charge >= 0.3 is 17.9 Å². The van der Waals surface area contributed by atoms with E-state index in [1.54, 1.807) is 91.0 Å². The molecule has 0 N–H and O–H groups in total. The summed E-state index contributed by atoms with van der Waals surface area (Å²) in [5.74, 6) is -1.95. The van der Waals surface area contributed by atoms with Crippen LogP contribution >= 0.6 is 0 Å². The molecular formula is C29H26O8. The van der Waals surface area contributed by atoms with E-state index in [1.165, 1.54) is 13.2 Å². The van der Waals surface area contributed by atoms with E-state index < -0.39 is 48.6 Å². The van der Waals surface area contributed by atoms with Gasteiger partial charge in [-0.1, -0.05) is 61.2 Å². The minimum atomic E-state index is -1.18. The number of carbonyl (C=O) groups is 3. The van der Waals surface area contributed by atoms with Crippen LogP contribution in [0.3, 0.4) is 0 Å². The van der Waals surface area contributed by atoms with E-state index in [0.29, 0.717) is 11.1 Å². The van der Waals surface area contributed by atoms with Crippen molar-refractivity contribution in [2.75, 3.05) is 7.11 Å². The highest BCUT2D eigenvalue weighted by atomic mass is 16.7. The van der Waals surface area contributed by atoms with Crippen LogP contribution < -0.4 is 0 Å². The molecular weight excluding hydrogens is 476 g/mol. The van der Waals surface area contributed by atoms with Gasteiger partial charge in [0.2, 0.25) is 0 Å². The van der Waals surface area contributed by atoms with Crippen molar-refractivity contribution in [3.63, 3.8) is 0 Å². The van der Waals surface area contributed by atoms with E-state index in [1.807, 2.05) is 0 Å². The first-order valence-electron chi connectivity index (χ1n) is 11.6. The van der Waals surface area contributed by atoms with Gasteiger partial charge in [-0.3, -0.25) is 0 Å². The lowest BCUT2D eigenvalue weighted by Gasteiger charge is -2.27. The quantitative estimate of drug-likeness (QED) is 0.244. The number of ether oxygens (including phenoxy) is 5. The molecule has 5 atom stereocenters. The third kappa shape index (κ3) is 6.11. The Morgan fingerprint density at radius 1 is 0.730 bits per heavy atom. The molecule has 1 saturated heterocycles. The van der Waals surface area contributed by atoms with E-state index >= 15 is 0 Å². The zero-order chi connectivity index (χ0) is 26.2. The van der Waals surface area contributed by atoms with Crippen LogP contribution in [-0.4, -0.2) is 55.7 Å². The van der Waals surface area contributed by atoms with E-state index in [-0.39, 0.29) is 5.56 Å². The summed E-state index contributed by atoms with van der Waals surface area (Å²) in [6, 6.07) is 25.1. The van der Waals surface area contributed by atoms with E-state index in [2.05, 4.69) is 6.58 Å². The minimum absolute atomic E-state index is 0.284. The Hall–Kier alpha value is -4.27. The van der Waals surface area contributed by atoms with Crippen LogP contribution in [0, 0.1) is 0 Å². The van der Waals surface area contributed by atoms with Gasteiger partial charge in [-0.2, -0.15) is 0 Å². The number of hydrogen-bond acceptors (Lipinski definition) is 8. The summed E-state index contributed by atoms with van der Waals surface area (Å²) >= 11 is 0. The normalized spacial score (nSPS) is 21.4. The zero-order valence-corrected chi connectivity index (χ0v) is 20.1. The second-order valence-corrected chi connectivity index (χ2v) is 8.15. The van der Waals surface area contributed by atoms with Crippen molar-refractivity contribution in [1.82, 2.24) is 0 Å². The Labute approximate surface area is 214 Å². The van der Waals surface area contributed by atoms with Crippen molar-refractivity contribution in [3.05, 3.63) is 120 Å². The second-order valence-electron chi connectivity index (χ2n) is 8.15. The van der Waals surface area contributed by atoms with Crippen LogP contribution in [0.4, 0.5) is 0 Å². The Balaban J connectivity index is 1.62. The molecule has 190 valence electrons. The average molecular weight is 503 g/mol. The molecule has 1 fully saturated rings. The van der Waals surface area contributed by atoms with Crippen molar-refractivity contribution in [3.8, 4) is 0 Å². The molecule has 8 nitrogen and oxygen atoms in total. The smallest absolute Gasteiger partial charge is 0.338 e. The highest BCUT2D eigenvalue weighted by Gasteiger charge is 2.53. The molecule has 0 unspecified atom stereocenters. The first-order valence-corrected chi connectivity index (χ1v) is 11.6. The fraction of sp³-hybridized carbons (Fsp3) is 0.207. The number of benzene rings is 3. The van der Waals surface area contributed by atoms with Gasteiger partial charge < -0.3 is 23.7 Å². The summed E-state index contributed by atoms with van der Waals surface area (Å²) in [5.41, 5.74) is 0.900. The average Bonchev–Trinajstić information content (AvgIpc) is 3.29. The fourth-order valence-corrected chi connectivity index (χ4v) is 3.91. The molecule has 3 aromatic rings. The molecule has 0 aromatic heterocycles. The number of hydrogen-bond donors (Lipinski definition) is 0. The maximum atomic E-state index is 13.0. The molecule has 8 heteroatoms. The van der Waals surface area contributed by atoms with E-state index in [9.17, 15) is 14.4 Å². The predicted molar refractivity (Wildman–Crippen MR) is 133 cm³/mol. The van der Waals surface area contributed by atoms with Crippen molar-refractivity contribution >= 4 is 17.9 Å². The van der Waals surface area contributed by atoms with Crippen LogP contribution in [0.15, 0.2) is 104 Å². The van der Waals surface area contributed by atoms with Gasteiger partial charge in [0.15, 0.2) is 24.6 Å². The van der Waals surface area contributed by atoms with Gasteiger partial charge in [-0.05, 0) is 42.5 Å². The molecule has 3 aromatic carbocycles. The van der Waals surface area contributed by atoms with Gasteiger partial charge in [0.05, 0.1) is 16.7 Å². The van der Waals surface area contributed by atoms with Gasteiger partial charge in [-0.15, -0.1) is 0 Å². The van der Waals surface area contributed by atoms with Crippen LogP contribution in [0.1, 0.15) is 31.1 Å². The third-order valence-corrected chi connectivity index (χ3v) is 5.75. The van der Waals surface area contributed by atoms with Gasteiger partial charge in [0.1, 0.15) is 6.10 Å². The minimum Gasteiger partial charge on any atom is -0.452 e. The summed E-state index contributed by atoms with van der Waals surface area (Å²) in [4.78, 5) is 38.7. The van der Waals surface area contributed by atoms with Crippen LogP contribution in [-0.2, 0) is 23.7 Å². The standard InChI is InChI=1S/C29H26O8/c1-3-22(34-26(30)19-13-7-4-8-14-19)23-24(35-27(31)20-15-9-5-10-16-20)25(29(33-2)37-23)36-28(32)21-17-11-6-12-18-21/h3-18,22-25,29H,1H2,2H3/t22-,23-,24-,25-,29+/m1/s1. The van der Waals surface area contributed by atoms with Gasteiger partial charge in [0, 0.05) is 7.11 Å². The molecule has 0 spiro atoms. The van der Waals surface area contributed by atoms with Crippen LogP contribution in [0.2, 0.25) is 0 Å². The van der Waals surface area contributed by atoms with E-state index in [0.717, 1.165) is 0 Å². The Morgan fingerprint density at radius 3 is 1.59 bits per heavy atom. The van der Waals surface area contributed by atoms with E-state index in [4.69, 9.17) is 23.7 Å². The molecule has 1 heterocycles. The predicted octanol–water partition coefficient (Wildman–Crippen LogP) is 4.22. The van der Waals surface area contributed by atoms with Crippen molar-refractivity contribution < 1.29 is 38.1 Å². The van der Waals surface area contributed by atoms with Crippen molar-refractivity contribution in [2.24, 2.45) is 0 Å². The molecule has 4 rings (SSSR count). The highest BCUT2D eigenvalue weighted by molar-refractivity contribution is 5.91. The molecule has 1 aliphatic rings. The number of carbonyl (C=O) groups excluding carboxylic acids is 3. The zero-order valence-electron chi connectivity index (χ0n) is 20.1. The van der Waals surface area contributed by atoms with Gasteiger partial charge in [0.25, 0.3) is 0 Å². The Morgan fingerprint density at radius 2 is 1.16 bits per heavy atom. The summed E-state index contributed by atoms with van der Waals surface area (Å²) in [5, 5.41) is 0. The lowest BCUT2D eigenvalue weighted by Crippen LogP contribution is -2.45. The Kier molecular flexibility index (Phi) is 8.45. The maximum Gasteiger partial charge on any atom is 0.338 e. The first-order chi connectivity index (χ1) is 18.0. The molecule has 0 aliphatic carbocycles. The highest BCUT2D eigenvalue weighted by Crippen LogP contribution is 2.32. The summed E-state index contributed by atoms with van der Waals surface area (Å²) < 4.78 is 28.6. The van der Waals surface area contributed by atoms with Crippen LogP contribution in [0.5, 0.6) is 0 Å². The fourth-order valence-electron chi connectivity index (χ4n) is 3.91. The molecule has 0 amide bonds. The molecule has 0 bridgehead atoms. The molecule has 37 heavy (non-hydrogen) atoms. The van der Waals surface area contributed by atoms with Crippen molar-refractivity contribution in [2.45, 2.75) is 30.7 Å². The summed E-state index contributed by atoms with van der Waals surface area (Å²) in [7, 11) is 1.37. The van der Waals surface area contributed by atoms with Crippen LogP contribution in [0.25, 0.3) is 0 Å².